The highest BCUT2D eigenvalue weighted by Gasteiger charge is 2.23. The second-order valence-corrected chi connectivity index (χ2v) is 7.79. The lowest BCUT2D eigenvalue weighted by Crippen LogP contribution is -2.37. The summed E-state index contributed by atoms with van der Waals surface area (Å²) < 4.78 is 21.8. The van der Waals surface area contributed by atoms with Crippen molar-refractivity contribution in [2.75, 3.05) is 6.61 Å². The Bertz CT molecular complexity index is 1040. The van der Waals surface area contributed by atoms with Crippen molar-refractivity contribution in [1.29, 1.82) is 0 Å². The Morgan fingerprint density at radius 1 is 1.29 bits per heavy atom. The fraction of sp³-hybridized carbons (Fsp3) is 0.364. The summed E-state index contributed by atoms with van der Waals surface area (Å²) >= 11 is 0. The van der Waals surface area contributed by atoms with E-state index in [0.717, 1.165) is 31.2 Å². The summed E-state index contributed by atoms with van der Waals surface area (Å²) in [5, 5.41) is 15.7. The third-order valence-electron chi connectivity index (χ3n) is 5.60. The predicted molar refractivity (Wildman–Crippen MR) is 112 cm³/mol. The monoisotopic (exact) mass is 425 g/mol. The maximum atomic E-state index is 14.3. The normalized spacial score (nSPS) is 18.5. The lowest BCUT2D eigenvalue weighted by Gasteiger charge is -2.28. The third kappa shape index (κ3) is 4.82. The molecule has 2 heterocycles. The second kappa shape index (κ2) is 9.11. The summed E-state index contributed by atoms with van der Waals surface area (Å²) in [4.78, 5) is 19.2. The zero-order chi connectivity index (χ0) is 21.8. The highest BCUT2D eigenvalue weighted by molar-refractivity contribution is 5.65. The van der Waals surface area contributed by atoms with E-state index in [0.29, 0.717) is 35.2 Å². The van der Waals surface area contributed by atoms with Crippen LogP contribution < -0.4 is 10.1 Å². The Labute approximate surface area is 179 Å². The number of ether oxygens (including phenoxy) is 1. The van der Waals surface area contributed by atoms with Crippen LogP contribution in [0.15, 0.2) is 43.1 Å². The standard InChI is InChI=1S/C22H24FN5O3/c1-14-3-2-4-18(23)21(14)28-11-16(9-26-28)20-19(10-24-13-25-20)31-12-15-5-7-17(8-6-15)27-22(29)30/h2-4,9-11,13,15,17,27H,5-8,12H2,1H3,(H,29,30). The van der Waals surface area contributed by atoms with Crippen molar-refractivity contribution in [2.45, 2.75) is 38.6 Å². The van der Waals surface area contributed by atoms with Gasteiger partial charge in [-0.1, -0.05) is 12.1 Å². The van der Waals surface area contributed by atoms with Crippen LogP contribution in [0.4, 0.5) is 9.18 Å². The third-order valence-corrected chi connectivity index (χ3v) is 5.60. The highest BCUT2D eigenvalue weighted by Crippen LogP contribution is 2.30. The Morgan fingerprint density at radius 3 is 2.84 bits per heavy atom. The predicted octanol–water partition coefficient (Wildman–Crippen LogP) is 3.98. The number of aromatic nitrogens is 4. The number of carbonyl (C=O) groups is 1. The van der Waals surface area contributed by atoms with Gasteiger partial charge in [0.2, 0.25) is 0 Å². The van der Waals surface area contributed by atoms with Gasteiger partial charge in [-0.3, -0.25) is 0 Å². The molecule has 31 heavy (non-hydrogen) atoms. The van der Waals surface area contributed by atoms with Gasteiger partial charge in [0.05, 0.1) is 19.0 Å². The number of hydrogen-bond acceptors (Lipinski definition) is 5. The number of aryl methyl sites for hydroxylation is 1. The van der Waals surface area contributed by atoms with Crippen LogP contribution in [0, 0.1) is 18.7 Å². The first-order valence-corrected chi connectivity index (χ1v) is 10.2. The summed E-state index contributed by atoms with van der Waals surface area (Å²) in [5.74, 6) is 0.531. The SMILES string of the molecule is Cc1cccc(F)c1-n1cc(-c2ncncc2OCC2CCC(NC(=O)O)CC2)cn1. The van der Waals surface area contributed by atoms with Crippen molar-refractivity contribution >= 4 is 6.09 Å². The lowest BCUT2D eigenvalue weighted by molar-refractivity contribution is 0.169. The molecule has 0 atom stereocenters. The molecule has 1 fully saturated rings. The number of hydrogen-bond donors (Lipinski definition) is 2. The van der Waals surface area contributed by atoms with E-state index < -0.39 is 6.09 Å². The van der Waals surface area contributed by atoms with E-state index in [1.165, 1.54) is 17.1 Å². The fourth-order valence-corrected chi connectivity index (χ4v) is 3.98. The van der Waals surface area contributed by atoms with Crippen molar-refractivity contribution in [2.24, 2.45) is 5.92 Å². The van der Waals surface area contributed by atoms with Gasteiger partial charge in [-0.15, -0.1) is 0 Å². The Morgan fingerprint density at radius 2 is 2.10 bits per heavy atom. The summed E-state index contributed by atoms with van der Waals surface area (Å²) in [6, 6.07) is 4.92. The number of amides is 1. The summed E-state index contributed by atoms with van der Waals surface area (Å²) in [7, 11) is 0. The number of halogens is 1. The van der Waals surface area contributed by atoms with E-state index in [2.05, 4.69) is 20.4 Å². The molecule has 8 nitrogen and oxygen atoms in total. The molecule has 1 aromatic carbocycles. The van der Waals surface area contributed by atoms with E-state index in [9.17, 15) is 9.18 Å². The molecule has 4 rings (SSSR count). The molecule has 0 bridgehead atoms. The Hall–Kier alpha value is -3.49. The van der Waals surface area contributed by atoms with E-state index >= 15 is 0 Å². The van der Waals surface area contributed by atoms with Gasteiger partial charge >= 0.3 is 6.09 Å². The molecule has 162 valence electrons. The average molecular weight is 425 g/mol. The van der Waals surface area contributed by atoms with Crippen LogP contribution in [0.25, 0.3) is 16.9 Å². The molecule has 0 unspecified atom stereocenters. The van der Waals surface area contributed by atoms with Crippen molar-refractivity contribution < 1.29 is 19.0 Å². The van der Waals surface area contributed by atoms with Crippen LogP contribution >= 0.6 is 0 Å². The van der Waals surface area contributed by atoms with Crippen molar-refractivity contribution in [3.8, 4) is 22.7 Å². The summed E-state index contributed by atoms with van der Waals surface area (Å²) in [5.41, 5.74) is 2.48. The van der Waals surface area contributed by atoms with Crippen LogP contribution in [0.5, 0.6) is 5.75 Å². The molecule has 2 aromatic heterocycles. The summed E-state index contributed by atoms with van der Waals surface area (Å²) in [6.45, 7) is 2.33. The van der Waals surface area contributed by atoms with Gasteiger partial charge in [-0.25, -0.2) is 23.8 Å². The minimum absolute atomic E-state index is 0.0112. The molecule has 1 aliphatic carbocycles. The van der Waals surface area contributed by atoms with Crippen LogP contribution in [0.2, 0.25) is 0 Å². The van der Waals surface area contributed by atoms with Gasteiger partial charge in [-0.2, -0.15) is 5.10 Å². The molecule has 0 spiro atoms. The zero-order valence-electron chi connectivity index (χ0n) is 17.2. The van der Waals surface area contributed by atoms with E-state index in [1.807, 2.05) is 13.0 Å². The molecule has 0 aliphatic heterocycles. The molecule has 2 N–H and O–H groups in total. The number of nitrogens with one attached hydrogen (secondary N) is 1. The zero-order valence-corrected chi connectivity index (χ0v) is 17.2. The van der Waals surface area contributed by atoms with Crippen molar-refractivity contribution in [3.63, 3.8) is 0 Å². The molecule has 0 radical (unpaired) electrons. The van der Waals surface area contributed by atoms with Crippen LogP contribution in [0.1, 0.15) is 31.2 Å². The molecule has 9 heteroatoms. The molecule has 1 saturated carbocycles. The van der Waals surface area contributed by atoms with Gasteiger partial charge in [0.1, 0.15) is 23.5 Å². The number of benzene rings is 1. The smallest absolute Gasteiger partial charge is 0.404 e. The van der Waals surface area contributed by atoms with E-state index in [4.69, 9.17) is 9.84 Å². The van der Waals surface area contributed by atoms with Gasteiger partial charge < -0.3 is 15.2 Å². The topological polar surface area (TPSA) is 102 Å². The summed E-state index contributed by atoms with van der Waals surface area (Å²) in [6.07, 6.45) is 8.81. The van der Waals surface area contributed by atoms with Gasteiger partial charge in [0, 0.05) is 17.8 Å². The highest BCUT2D eigenvalue weighted by atomic mass is 19.1. The molecular weight excluding hydrogens is 401 g/mol. The number of para-hydroxylation sites is 1. The number of rotatable bonds is 6. The second-order valence-electron chi connectivity index (χ2n) is 7.79. The minimum Gasteiger partial charge on any atom is -0.489 e. The Balaban J connectivity index is 1.45. The van der Waals surface area contributed by atoms with Gasteiger partial charge in [-0.05, 0) is 50.2 Å². The molecule has 1 amide bonds. The van der Waals surface area contributed by atoms with E-state index in [1.54, 1.807) is 24.7 Å². The minimum atomic E-state index is -0.975. The van der Waals surface area contributed by atoms with Crippen LogP contribution in [0.3, 0.4) is 0 Å². The number of nitrogens with zero attached hydrogens (tertiary/aromatic N) is 4. The lowest BCUT2D eigenvalue weighted by atomic mass is 9.86. The molecule has 3 aromatic rings. The maximum Gasteiger partial charge on any atom is 0.404 e. The van der Waals surface area contributed by atoms with Gasteiger partial charge in [0.15, 0.2) is 5.75 Å². The first-order valence-electron chi connectivity index (χ1n) is 10.2. The maximum absolute atomic E-state index is 14.3. The first kappa shape index (κ1) is 20.8. The molecular formula is C22H24FN5O3. The first-order chi connectivity index (χ1) is 15.0. The fourth-order valence-electron chi connectivity index (χ4n) is 3.98. The van der Waals surface area contributed by atoms with Gasteiger partial charge in [0.25, 0.3) is 0 Å². The Kier molecular flexibility index (Phi) is 6.11. The number of carboxylic acid groups (broad SMARTS) is 1. The van der Waals surface area contributed by atoms with Crippen molar-refractivity contribution in [3.05, 3.63) is 54.5 Å². The molecule has 1 aliphatic rings. The van der Waals surface area contributed by atoms with E-state index in [-0.39, 0.29) is 11.9 Å². The average Bonchev–Trinajstić information content (AvgIpc) is 3.22. The quantitative estimate of drug-likeness (QED) is 0.619. The van der Waals surface area contributed by atoms with Crippen LogP contribution in [-0.2, 0) is 0 Å². The van der Waals surface area contributed by atoms with Crippen molar-refractivity contribution in [1.82, 2.24) is 25.1 Å². The molecule has 0 saturated heterocycles. The van der Waals surface area contributed by atoms with Crippen LogP contribution in [-0.4, -0.2) is 43.6 Å². The largest absolute Gasteiger partial charge is 0.489 e.